The van der Waals surface area contributed by atoms with Crippen LogP contribution in [0.25, 0.3) is 0 Å². The molecule has 5 nitrogen and oxygen atoms in total. The molecule has 0 unspecified atom stereocenters. The van der Waals surface area contributed by atoms with E-state index in [0.717, 1.165) is 0 Å². The van der Waals surface area contributed by atoms with Gasteiger partial charge in [0.05, 0.1) is 0 Å². The molecule has 0 saturated carbocycles. The van der Waals surface area contributed by atoms with E-state index in [1.165, 1.54) is 0 Å². The Morgan fingerprint density at radius 2 is 1.33 bits per heavy atom. The minimum Gasteiger partial charge on any atom is -0.738 e. The van der Waals surface area contributed by atoms with E-state index in [1.807, 2.05) is 0 Å². The monoisotopic (exact) mass is 235 g/mol. The quantitative estimate of drug-likeness (QED) is 0.511. The molecule has 0 aliphatic carbocycles. The molecule has 0 amide bonds. The molecule has 0 aromatic carbocycles. The van der Waals surface area contributed by atoms with Crippen molar-refractivity contribution in [3.63, 3.8) is 0 Å². The van der Waals surface area contributed by atoms with Gasteiger partial charge in [0.2, 0.25) is 0 Å². The van der Waals surface area contributed by atoms with Crippen LogP contribution in [0, 0.1) is 54.6 Å². The Morgan fingerprint density at radius 1 is 1.33 bits per heavy atom. The maximum atomic E-state index is 8.47. The average molecular weight is 234 g/mol. The Morgan fingerprint density at radius 3 is 1.33 bits per heavy atom. The number of hydrogen-bond donors (Lipinski definition) is 2. The third-order valence-corrected chi connectivity index (χ3v) is 0. The molecule has 1 radical (unpaired) electrons. The molecule has 0 spiro atoms. The second-order valence-corrected chi connectivity index (χ2v) is 0.253. The fourth-order valence-corrected chi connectivity index (χ4v) is 0. The third kappa shape index (κ3) is 54.0. The van der Waals surface area contributed by atoms with Crippen LogP contribution in [0.5, 0.6) is 0 Å². The van der Waals surface area contributed by atoms with Gasteiger partial charge < -0.3 is 21.1 Å². The van der Waals surface area contributed by atoms with Crippen LogP contribution < -0.4 is 0 Å². The van der Waals surface area contributed by atoms with E-state index < -0.39 is 5.39 Å². The van der Waals surface area contributed by atoms with Crippen LogP contribution >= 0.6 is 0 Å². The molecule has 0 fully saturated rings. The average Bonchev–Trinajstić information content (AvgIpc) is 0.811. The SMILES string of the molecule is O.[Eu].[O-]N(O)O. The van der Waals surface area contributed by atoms with Gasteiger partial charge in [0.15, 0.2) is 0 Å². The molecule has 6 heavy (non-hydrogen) atoms. The second kappa shape index (κ2) is 9.63. The van der Waals surface area contributed by atoms with Crippen molar-refractivity contribution >= 4 is 0 Å². The standard InChI is InChI=1S/Eu.H2NO3.H2O/c;2-1(3)4;/h;2-3H;1H2/q;-1;. The zero-order chi connectivity index (χ0) is 3.58. The smallest absolute Gasteiger partial charge is 0 e. The minimum absolute atomic E-state index is 0. The molecular formula is H4EuNO4-. The van der Waals surface area contributed by atoms with Gasteiger partial charge in [0, 0.05) is 49.4 Å². The number of rotatable bonds is 0. The van der Waals surface area contributed by atoms with E-state index in [2.05, 4.69) is 0 Å². The normalized spacial score (nSPS) is 6.00. The summed E-state index contributed by atoms with van der Waals surface area (Å²) < 4.78 is 0. The topological polar surface area (TPSA) is 98.3 Å². The summed E-state index contributed by atoms with van der Waals surface area (Å²) in [5, 5.41) is 21.0. The van der Waals surface area contributed by atoms with E-state index in [0.29, 0.717) is 0 Å². The van der Waals surface area contributed by atoms with Gasteiger partial charge in [-0.1, -0.05) is 0 Å². The summed E-state index contributed by atoms with van der Waals surface area (Å²) in [6.45, 7) is 0. The Balaban J connectivity index is -0.0000000450. The molecule has 0 heterocycles. The predicted octanol–water partition coefficient (Wildman–Crippen LogP) is -1.26. The second-order valence-electron chi connectivity index (χ2n) is 0.253. The molecule has 0 saturated heterocycles. The minimum atomic E-state index is -1.25. The number of nitrogens with zero attached hydrogens (tertiary/aromatic N) is 1. The zero-order valence-corrected chi connectivity index (χ0v) is 5.05. The van der Waals surface area contributed by atoms with Gasteiger partial charge >= 0.3 is 0 Å². The summed E-state index contributed by atoms with van der Waals surface area (Å²) in [6, 6.07) is 0. The summed E-state index contributed by atoms with van der Waals surface area (Å²) in [5.41, 5.74) is 0. The van der Waals surface area contributed by atoms with E-state index in [9.17, 15) is 0 Å². The van der Waals surface area contributed by atoms with Gasteiger partial charge in [0.1, 0.15) is 0 Å². The van der Waals surface area contributed by atoms with Crippen LogP contribution in [0.1, 0.15) is 0 Å². The van der Waals surface area contributed by atoms with Crippen molar-refractivity contribution in [1.82, 2.24) is 5.39 Å². The molecule has 0 aliphatic heterocycles. The van der Waals surface area contributed by atoms with Crippen LogP contribution in [0.15, 0.2) is 0 Å². The van der Waals surface area contributed by atoms with Crippen molar-refractivity contribution in [2.45, 2.75) is 0 Å². The van der Waals surface area contributed by atoms with Crippen LogP contribution in [0.3, 0.4) is 0 Å². The van der Waals surface area contributed by atoms with Gasteiger partial charge in [-0.25, -0.2) is 0 Å². The van der Waals surface area contributed by atoms with Crippen molar-refractivity contribution in [2.24, 2.45) is 0 Å². The van der Waals surface area contributed by atoms with E-state index in [4.69, 9.17) is 15.6 Å². The molecule has 0 atom stereocenters. The largest absolute Gasteiger partial charge is 0.738 e. The van der Waals surface area contributed by atoms with Gasteiger partial charge in [-0.2, -0.15) is 0 Å². The van der Waals surface area contributed by atoms with Crippen molar-refractivity contribution < 1.29 is 65.3 Å². The first-order valence-corrected chi connectivity index (χ1v) is 0.583. The third-order valence-electron chi connectivity index (χ3n) is 0. The summed E-state index contributed by atoms with van der Waals surface area (Å²) in [7, 11) is 0. The van der Waals surface area contributed by atoms with Crippen LogP contribution in [0.2, 0.25) is 0 Å². The summed E-state index contributed by atoms with van der Waals surface area (Å²) >= 11 is 0. The first-order chi connectivity index (χ1) is 1.73. The molecule has 4 N–H and O–H groups in total. The van der Waals surface area contributed by atoms with Crippen molar-refractivity contribution in [3.8, 4) is 0 Å². The van der Waals surface area contributed by atoms with Crippen molar-refractivity contribution in [1.29, 1.82) is 0 Å². The molecule has 0 aromatic heterocycles. The Kier molecular flexibility index (Phi) is 25.1. The molecule has 0 aliphatic rings. The molecule has 0 rings (SSSR count). The summed E-state index contributed by atoms with van der Waals surface area (Å²) in [4.78, 5) is 0. The first kappa shape index (κ1) is 15.7. The maximum absolute atomic E-state index is 8.47. The molecule has 0 aromatic rings. The zero-order valence-electron chi connectivity index (χ0n) is 2.63. The first-order valence-electron chi connectivity index (χ1n) is 0.583. The predicted molar refractivity (Wildman–Crippen MR) is 12.4 cm³/mol. The summed E-state index contributed by atoms with van der Waals surface area (Å²) in [5.74, 6) is 0. The van der Waals surface area contributed by atoms with Crippen LogP contribution in [0.4, 0.5) is 0 Å². The number of hydrogen-bond acceptors (Lipinski definition) is 4. The summed E-state index contributed by atoms with van der Waals surface area (Å²) in [6.07, 6.45) is 0. The van der Waals surface area contributed by atoms with Crippen LogP contribution in [-0.4, -0.2) is 21.3 Å². The molecule has 41 valence electrons. The van der Waals surface area contributed by atoms with E-state index in [1.54, 1.807) is 0 Å². The van der Waals surface area contributed by atoms with Crippen molar-refractivity contribution in [3.05, 3.63) is 5.21 Å². The van der Waals surface area contributed by atoms with Gasteiger partial charge in [-0.05, 0) is 0 Å². The van der Waals surface area contributed by atoms with Gasteiger partial charge in [-0.15, -0.1) is 5.39 Å². The Hall–Kier alpha value is 1.38. The fourth-order valence-electron chi connectivity index (χ4n) is 0. The van der Waals surface area contributed by atoms with Gasteiger partial charge in [-0.3, -0.25) is 0 Å². The molecule has 6 heteroatoms. The van der Waals surface area contributed by atoms with E-state index >= 15 is 0 Å². The van der Waals surface area contributed by atoms with Crippen molar-refractivity contribution in [2.75, 3.05) is 0 Å². The molecule has 0 bridgehead atoms. The Labute approximate surface area is 74.9 Å². The maximum Gasteiger partial charge on any atom is 0 e. The van der Waals surface area contributed by atoms with E-state index in [-0.39, 0.29) is 54.9 Å². The molecular weight excluding hydrogens is 230 g/mol. The van der Waals surface area contributed by atoms with Crippen LogP contribution in [-0.2, 0) is 0 Å². The Bertz CT molecular complexity index is 12.3. The fraction of sp³-hybridized carbons (Fsp3) is 0. The van der Waals surface area contributed by atoms with Gasteiger partial charge in [0.25, 0.3) is 0 Å².